The Labute approximate surface area is 154 Å². The molecule has 0 radical (unpaired) electrons. The van der Waals surface area contributed by atoms with E-state index in [0.717, 1.165) is 29.2 Å². The minimum Gasteiger partial charge on any atom is -0.497 e. The van der Waals surface area contributed by atoms with Gasteiger partial charge in [-0.1, -0.05) is 18.1 Å². The molecule has 0 N–H and O–H groups in total. The van der Waals surface area contributed by atoms with Crippen LogP contribution in [0.15, 0.2) is 42.5 Å². The van der Waals surface area contributed by atoms with Gasteiger partial charge in [0.05, 0.1) is 32.2 Å². The summed E-state index contributed by atoms with van der Waals surface area (Å²) >= 11 is 0. The third-order valence-corrected chi connectivity index (χ3v) is 5.80. The van der Waals surface area contributed by atoms with Crippen LogP contribution >= 0.6 is 0 Å². The van der Waals surface area contributed by atoms with E-state index in [1.54, 1.807) is 14.2 Å². The number of terminal acetylenes is 1. The van der Waals surface area contributed by atoms with E-state index in [-0.39, 0.29) is 17.6 Å². The molecule has 2 aliphatic heterocycles. The fourth-order valence-corrected chi connectivity index (χ4v) is 4.57. The Balaban J connectivity index is 1.88. The molecule has 0 spiro atoms. The molecule has 4 rings (SSSR count). The highest BCUT2D eigenvalue weighted by atomic mass is 16.5. The summed E-state index contributed by atoms with van der Waals surface area (Å²) in [5, 5.41) is 0. The van der Waals surface area contributed by atoms with Gasteiger partial charge in [0.15, 0.2) is 0 Å². The molecule has 0 bridgehead atoms. The van der Waals surface area contributed by atoms with Crippen molar-refractivity contribution in [3.63, 3.8) is 0 Å². The summed E-state index contributed by atoms with van der Waals surface area (Å²) in [6, 6.07) is 14.3. The van der Waals surface area contributed by atoms with Crippen molar-refractivity contribution in [2.45, 2.75) is 24.0 Å². The number of likely N-dealkylation sites (N-methyl/N-ethyl adjacent to an activating group) is 1. The molecule has 1 fully saturated rings. The number of hydrogen-bond donors (Lipinski definition) is 0. The Kier molecular flexibility index (Phi) is 4.05. The van der Waals surface area contributed by atoms with Crippen LogP contribution < -0.4 is 14.4 Å². The van der Waals surface area contributed by atoms with E-state index in [0.29, 0.717) is 6.61 Å². The molecule has 1 saturated heterocycles. The fraction of sp³-hybridized carbons (Fsp3) is 0.364. The van der Waals surface area contributed by atoms with Gasteiger partial charge in [0.1, 0.15) is 17.7 Å². The van der Waals surface area contributed by atoms with Crippen molar-refractivity contribution >= 4 is 5.69 Å². The molecule has 26 heavy (non-hydrogen) atoms. The van der Waals surface area contributed by atoms with Gasteiger partial charge >= 0.3 is 0 Å². The Morgan fingerprint density at radius 2 is 1.85 bits per heavy atom. The Hall–Kier alpha value is -2.64. The molecule has 0 aromatic heterocycles. The third kappa shape index (κ3) is 2.21. The van der Waals surface area contributed by atoms with Crippen LogP contribution in [0.5, 0.6) is 11.5 Å². The molecular formula is C22H23NO3. The Bertz CT molecular complexity index is 855. The zero-order valence-corrected chi connectivity index (χ0v) is 15.4. The van der Waals surface area contributed by atoms with Crippen LogP contribution in [-0.2, 0) is 10.2 Å². The van der Waals surface area contributed by atoms with Crippen LogP contribution in [0.4, 0.5) is 5.69 Å². The molecule has 134 valence electrons. The molecule has 3 atom stereocenters. The number of rotatable bonds is 4. The van der Waals surface area contributed by atoms with Gasteiger partial charge in [-0.15, -0.1) is 6.42 Å². The molecule has 4 nitrogen and oxygen atoms in total. The molecule has 0 aliphatic carbocycles. The molecule has 3 unspecified atom stereocenters. The third-order valence-electron chi connectivity index (χ3n) is 5.80. The van der Waals surface area contributed by atoms with Gasteiger partial charge < -0.3 is 19.1 Å². The van der Waals surface area contributed by atoms with Gasteiger partial charge in [-0.25, -0.2) is 0 Å². The van der Waals surface area contributed by atoms with Crippen molar-refractivity contribution in [2.75, 3.05) is 32.8 Å². The number of fused-ring (bicyclic) bond motifs is 3. The summed E-state index contributed by atoms with van der Waals surface area (Å²) in [5.41, 5.74) is 3.18. The van der Waals surface area contributed by atoms with Crippen molar-refractivity contribution < 1.29 is 14.2 Å². The lowest BCUT2D eigenvalue weighted by molar-refractivity contribution is 0.0843. The second kappa shape index (κ2) is 6.26. The van der Waals surface area contributed by atoms with Gasteiger partial charge in [0, 0.05) is 12.7 Å². The summed E-state index contributed by atoms with van der Waals surface area (Å²) in [7, 11) is 5.43. The van der Waals surface area contributed by atoms with Crippen LogP contribution in [0.1, 0.15) is 23.5 Å². The highest BCUT2D eigenvalue weighted by molar-refractivity contribution is 5.68. The number of ether oxygens (including phenoxy) is 3. The summed E-state index contributed by atoms with van der Waals surface area (Å²) in [6.07, 6.45) is 6.89. The monoisotopic (exact) mass is 349 g/mol. The van der Waals surface area contributed by atoms with Gasteiger partial charge in [-0.3, -0.25) is 0 Å². The van der Waals surface area contributed by atoms with Gasteiger partial charge in [0.2, 0.25) is 0 Å². The molecule has 2 heterocycles. The van der Waals surface area contributed by atoms with Crippen LogP contribution in [0.25, 0.3) is 0 Å². The Morgan fingerprint density at radius 3 is 2.50 bits per heavy atom. The first-order valence-electron chi connectivity index (χ1n) is 8.78. The Morgan fingerprint density at radius 1 is 1.15 bits per heavy atom. The summed E-state index contributed by atoms with van der Waals surface area (Å²) in [5.74, 6) is 4.64. The predicted octanol–water partition coefficient (Wildman–Crippen LogP) is 3.55. The highest BCUT2D eigenvalue weighted by Gasteiger charge is 2.58. The summed E-state index contributed by atoms with van der Waals surface area (Å²) in [4.78, 5) is 2.20. The smallest absolute Gasteiger partial charge is 0.141 e. The zero-order chi connectivity index (χ0) is 18.3. The summed E-state index contributed by atoms with van der Waals surface area (Å²) in [6.45, 7) is 0.694. The maximum absolute atomic E-state index is 6.16. The number of methoxy groups -OCH3 is 2. The molecule has 2 aromatic carbocycles. The van der Waals surface area contributed by atoms with Crippen LogP contribution in [-0.4, -0.2) is 34.1 Å². The lowest BCUT2D eigenvalue weighted by atomic mass is 9.67. The van der Waals surface area contributed by atoms with Crippen LogP contribution in [0.3, 0.4) is 0 Å². The van der Waals surface area contributed by atoms with E-state index in [4.69, 9.17) is 20.6 Å². The largest absolute Gasteiger partial charge is 0.497 e. The molecule has 4 heteroatoms. The molecule has 2 aromatic rings. The van der Waals surface area contributed by atoms with Crippen molar-refractivity contribution in [1.82, 2.24) is 0 Å². The summed E-state index contributed by atoms with van der Waals surface area (Å²) < 4.78 is 16.9. The van der Waals surface area contributed by atoms with Crippen molar-refractivity contribution in [3.05, 3.63) is 53.6 Å². The maximum atomic E-state index is 6.16. The molecular weight excluding hydrogens is 326 g/mol. The quantitative estimate of drug-likeness (QED) is 0.790. The van der Waals surface area contributed by atoms with E-state index in [1.807, 2.05) is 18.2 Å². The average molecular weight is 349 g/mol. The van der Waals surface area contributed by atoms with Gasteiger partial charge in [0.25, 0.3) is 0 Å². The van der Waals surface area contributed by atoms with Crippen molar-refractivity contribution in [3.8, 4) is 23.8 Å². The average Bonchev–Trinajstić information content (AvgIpc) is 3.21. The number of benzene rings is 2. The SMILES string of the molecule is C#CC(c1ccc(OC)cc1)C12CCOC1N(C)c1ccc(OC)cc12. The molecule has 2 aliphatic rings. The van der Waals surface area contributed by atoms with E-state index in [2.05, 4.69) is 42.1 Å². The normalized spacial score (nSPS) is 24.5. The van der Waals surface area contributed by atoms with Crippen LogP contribution in [0, 0.1) is 12.3 Å². The van der Waals surface area contributed by atoms with Gasteiger partial charge in [-0.2, -0.15) is 0 Å². The fourth-order valence-electron chi connectivity index (χ4n) is 4.57. The lowest BCUT2D eigenvalue weighted by Crippen LogP contribution is -2.43. The van der Waals surface area contributed by atoms with E-state index in [9.17, 15) is 0 Å². The molecule has 0 saturated carbocycles. The highest BCUT2D eigenvalue weighted by Crippen LogP contribution is 2.57. The maximum Gasteiger partial charge on any atom is 0.141 e. The molecule has 0 amide bonds. The minimum atomic E-state index is -0.290. The lowest BCUT2D eigenvalue weighted by Gasteiger charge is -2.36. The van der Waals surface area contributed by atoms with E-state index in [1.165, 1.54) is 5.56 Å². The van der Waals surface area contributed by atoms with E-state index < -0.39 is 0 Å². The number of hydrogen-bond acceptors (Lipinski definition) is 4. The standard InChI is InChI=1S/C22H23NO3/c1-5-18(15-6-8-16(24-3)9-7-15)22-12-13-26-21(22)23(2)20-11-10-17(25-4)14-19(20)22/h1,6-11,14,18,21H,12-13H2,2-4H3. The first-order chi connectivity index (χ1) is 12.7. The second-order valence-corrected chi connectivity index (χ2v) is 6.88. The van der Waals surface area contributed by atoms with Crippen molar-refractivity contribution in [1.29, 1.82) is 0 Å². The minimum absolute atomic E-state index is 0.0762. The van der Waals surface area contributed by atoms with E-state index >= 15 is 0 Å². The predicted molar refractivity (Wildman–Crippen MR) is 102 cm³/mol. The second-order valence-electron chi connectivity index (χ2n) is 6.88. The van der Waals surface area contributed by atoms with Gasteiger partial charge in [-0.05, 0) is 47.9 Å². The zero-order valence-electron chi connectivity index (χ0n) is 15.4. The first kappa shape index (κ1) is 16.8. The number of anilines is 1. The topological polar surface area (TPSA) is 30.9 Å². The van der Waals surface area contributed by atoms with Crippen LogP contribution in [0.2, 0.25) is 0 Å². The number of nitrogens with zero attached hydrogens (tertiary/aromatic N) is 1. The first-order valence-corrected chi connectivity index (χ1v) is 8.78. The van der Waals surface area contributed by atoms with Crippen molar-refractivity contribution in [2.24, 2.45) is 0 Å².